The lowest BCUT2D eigenvalue weighted by molar-refractivity contribution is 0.475. The summed E-state index contributed by atoms with van der Waals surface area (Å²) in [5.74, 6) is 0.298. The van der Waals surface area contributed by atoms with E-state index in [1.54, 1.807) is 12.1 Å². The minimum atomic E-state index is 0.298. The van der Waals surface area contributed by atoms with E-state index in [0.717, 1.165) is 5.56 Å². The van der Waals surface area contributed by atoms with E-state index in [2.05, 4.69) is 0 Å². The molecule has 0 aliphatic rings. The first-order valence-electron chi connectivity index (χ1n) is 4.58. The summed E-state index contributed by atoms with van der Waals surface area (Å²) >= 11 is 0. The molecule has 0 saturated heterocycles. The second kappa shape index (κ2) is 5.81. The van der Waals surface area contributed by atoms with Gasteiger partial charge in [0.15, 0.2) is 0 Å². The van der Waals surface area contributed by atoms with Gasteiger partial charge in [-0.25, -0.2) is 0 Å². The van der Waals surface area contributed by atoms with Gasteiger partial charge in [0.05, 0.1) is 0 Å². The molecular weight excluding hydrogens is 172 g/mol. The molecule has 0 aliphatic carbocycles. The zero-order valence-electron chi connectivity index (χ0n) is 8.22. The number of rotatable bonds is 3. The van der Waals surface area contributed by atoms with E-state index in [1.807, 2.05) is 55.5 Å². The topological polar surface area (TPSA) is 20.2 Å². The molecular formula is C13H14O. The van der Waals surface area contributed by atoms with Crippen molar-refractivity contribution in [1.82, 2.24) is 0 Å². The molecule has 0 saturated carbocycles. The van der Waals surface area contributed by atoms with Crippen molar-refractivity contribution in [2.24, 2.45) is 0 Å². The van der Waals surface area contributed by atoms with Crippen LogP contribution in [-0.2, 0) is 0 Å². The molecule has 1 aromatic rings. The summed E-state index contributed by atoms with van der Waals surface area (Å²) < 4.78 is 0. The van der Waals surface area contributed by atoms with E-state index in [9.17, 15) is 0 Å². The summed E-state index contributed by atoms with van der Waals surface area (Å²) in [6, 6.07) is 7.09. The molecule has 0 aliphatic heterocycles. The van der Waals surface area contributed by atoms with Gasteiger partial charge in [0.1, 0.15) is 5.75 Å². The van der Waals surface area contributed by atoms with Crippen LogP contribution in [0.2, 0.25) is 0 Å². The molecule has 0 bridgehead atoms. The highest BCUT2D eigenvalue weighted by molar-refractivity contribution is 5.52. The number of allylic oxidation sites excluding steroid dienone is 5. The molecule has 1 nitrogen and oxygen atoms in total. The zero-order chi connectivity index (χ0) is 10.2. The monoisotopic (exact) mass is 186 g/mol. The van der Waals surface area contributed by atoms with E-state index in [4.69, 9.17) is 5.11 Å². The Kier molecular flexibility index (Phi) is 4.29. The van der Waals surface area contributed by atoms with Crippen LogP contribution in [0.5, 0.6) is 5.75 Å². The molecule has 0 radical (unpaired) electrons. The summed E-state index contributed by atoms with van der Waals surface area (Å²) in [6.07, 6.45) is 11.8. The number of benzene rings is 1. The second-order valence-corrected chi connectivity index (χ2v) is 2.86. The SMILES string of the molecule is CC=C/C=C\C=C\c1ccc(O)cc1. The van der Waals surface area contributed by atoms with Gasteiger partial charge in [-0.1, -0.05) is 48.6 Å². The number of phenols is 1. The Balaban J connectivity index is 2.56. The van der Waals surface area contributed by atoms with Gasteiger partial charge < -0.3 is 5.11 Å². The van der Waals surface area contributed by atoms with E-state index in [0.29, 0.717) is 5.75 Å². The van der Waals surface area contributed by atoms with Crippen molar-refractivity contribution in [3.05, 3.63) is 60.2 Å². The molecule has 1 aromatic carbocycles. The minimum absolute atomic E-state index is 0.298. The van der Waals surface area contributed by atoms with Crippen molar-refractivity contribution < 1.29 is 5.11 Å². The van der Waals surface area contributed by atoms with Gasteiger partial charge in [-0.05, 0) is 24.6 Å². The van der Waals surface area contributed by atoms with Gasteiger partial charge in [-0.15, -0.1) is 0 Å². The average molecular weight is 186 g/mol. The molecule has 1 N–H and O–H groups in total. The molecule has 0 amide bonds. The first kappa shape index (κ1) is 10.3. The van der Waals surface area contributed by atoms with Gasteiger partial charge >= 0.3 is 0 Å². The molecule has 14 heavy (non-hydrogen) atoms. The van der Waals surface area contributed by atoms with E-state index in [-0.39, 0.29) is 0 Å². The number of phenolic OH excluding ortho intramolecular Hbond substituents is 1. The summed E-state index contributed by atoms with van der Waals surface area (Å²) in [7, 11) is 0. The smallest absolute Gasteiger partial charge is 0.115 e. The molecule has 1 rings (SSSR count). The Morgan fingerprint density at radius 3 is 2.21 bits per heavy atom. The Bertz CT molecular complexity index is 342. The van der Waals surface area contributed by atoms with E-state index < -0.39 is 0 Å². The largest absolute Gasteiger partial charge is 0.508 e. The highest BCUT2D eigenvalue weighted by Gasteiger charge is 1.85. The molecule has 0 spiro atoms. The third-order valence-corrected chi connectivity index (χ3v) is 1.71. The van der Waals surface area contributed by atoms with Crippen LogP contribution in [0.15, 0.2) is 54.6 Å². The second-order valence-electron chi connectivity index (χ2n) is 2.86. The normalized spacial score (nSPS) is 12.1. The van der Waals surface area contributed by atoms with Crippen LogP contribution in [0.3, 0.4) is 0 Å². The summed E-state index contributed by atoms with van der Waals surface area (Å²) in [5.41, 5.74) is 1.08. The van der Waals surface area contributed by atoms with Crippen molar-refractivity contribution >= 4 is 6.08 Å². The van der Waals surface area contributed by atoms with E-state index in [1.165, 1.54) is 0 Å². The van der Waals surface area contributed by atoms with Gasteiger partial charge in [0, 0.05) is 0 Å². The van der Waals surface area contributed by atoms with Crippen molar-refractivity contribution in [3.8, 4) is 5.75 Å². The zero-order valence-corrected chi connectivity index (χ0v) is 8.22. The number of hydrogen-bond donors (Lipinski definition) is 1. The Labute approximate surface area is 84.7 Å². The third kappa shape index (κ3) is 3.76. The first-order chi connectivity index (χ1) is 6.83. The highest BCUT2D eigenvalue weighted by atomic mass is 16.3. The molecule has 0 atom stereocenters. The third-order valence-electron chi connectivity index (χ3n) is 1.71. The molecule has 1 heteroatoms. The molecule has 0 aromatic heterocycles. The minimum Gasteiger partial charge on any atom is -0.508 e. The molecule has 0 fully saturated rings. The van der Waals surface area contributed by atoms with Crippen molar-refractivity contribution in [1.29, 1.82) is 0 Å². The number of aromatic hydroxyl groups is 1. The fraction of sp³-hybridized carbons (Fsp3) is 0.0769. The predicted molar refractivity (Wildman–Crippen MR) is 61.1 cm³/mol. The van der Waals surface area contributed by atoms with Crippen molar-refractivity contribution in [2.45, 2.75) is 6.92 Å². The van der Waals surface area contributed by atoms with Crippen LogP contribution in [0.1, 0.15) is 12.5 Å². The van der Waals surface area contributed by atoms with Crippen LogP contribution < -0.4 is 0 Å². The summed E-state index contributed by atoms with van der Waals surface area (Å²) in [4.78, 5) is 0. The van der Waals surface area contributed by atoms with Crippen molar-refractivity contribution in [2.75, 3.05) is 0 Å². The van der Waals surface area contributed by atoms with Gasteiger partial charge in [0.2, 0.25) is 0 Å². The lowest BCUT2D eigenvalue weighted by Crippen LogP contribution is -1.68. The fourth-order valence-electron chi connectivity index (χ4n) is 0.992. The summed E-state index contributed by atoms with van der Waals surface area (Å²) in [6.45, 7) is 1.98. The number of hydrogen-bond acceptors (Lipinski definition) is 1. The maximum atomic E-state index is 9.05. The lowest BCUT2D eigenvalue weighted by Gasteiger charge is -1.92. The van der Waals surface area contributed by atoms with Crippen LogP contribution >= 0.6 is 0 Å². The van der Waals surface area contributed by atoms with Crippen LogP contribution in [0.25, 0.3) is 6.08 Å². The Hall–Kier alpha value is -1.76. The average Bonchev–Trinajstić information content (AvgIpc) is 2.21. The maximum absolute atomic E-state index is 9.05. The van der Waals surface area contributed by atoms with Gasteiger partial charge in [-0.3, -0.25) is 0 Å². The van der Waals surface area contributed by atoms with E-state index >= 15 is 0 Å². The lowest BCUT2D eigenvalue weighted by atomic mass is 10.2. The molecule has 0 heterocycles. The standard InChI is InChI=1S/C13H14O/c1-2-3-4-5-6-7-12-8-10-13(14)11-9-12/h2-11,14H,1H3/b3-2?,5-4-,7-6+. The highest BCUT2D eigenvalue weighted by Crippen LogP contribution is 2.10. The van der Waals surface area contributed by atoms with Crippen LogP contribution in [-0.4, -0.2) is 5.11 Å². The Morgan fingerprint density at radius 1 is 0.929 bits per heavy atom. The summed E-state index contributed by atoms with van der Waals surface area (Å²) in [5, 5.41) is 9.05. The predicted octanol–water partition coefficient (Wildman–Crippen LogP) is 3.54. The van der Waals surface area contributed by atoms with Crippen molar-refractivity contribution in [3.63, 3.8) is 0 Å². The fourth-order valence-corrected chi connectivity index (χ4v) is 0.992. The quantitative estimate of drug-likeness (QED) is 0.716. The van der Waals surface area contributed by atoms with Gasteiger partial charge in [0.25, 0.3) is 0 Å². The van der Waals surface area contributed by atoms with Crippen LogP contribution in [0.4, 0.5) is 0 Å². The van der Waals surface area contributed by atoms with Gasteiger partial charge in [-0.2, -0.15) is 0 Å². The maximum Gasteiger partial charge on any atom is 0.115 e. The molecule has 0 unspecified atom stereocenters. The van der Waals surface area contributed by atoms with Crippen LogP contribution in [0, 0.1) is 0 Å². The molecule has 72 valence electrons. The first-order valence-corrected chi connectivity index (χ1v) is 4.58. The Morgan fingerprint density at radius 2 is 1.57 bits per heavy atom.